The number of hydrogen-bond donors (Lipinski definition) is 0. The molecule has 0 N–H and O–H groups in total. The Kier molecular flexibility index (Phi) is 5.01. The summed E-state index contributed by atoms with van der Waals surface area (Å²) in [6.07, 6.45) is 0.773. The Morgan fingerprint density at radius 3 is 2.36 bits per heavy atom. The van der Waals surface area contributed by atoms with E-state index in [1.807, 2.05) is 25.1 Å². The lowest BCUT2D eigenvalue weighted by molar-refractivity contribution is -0.134. The first kappa shape index (κ1) is 18.4. The van der Waals surface area contributed by atoms with Crippen LogP contribution in [0.3, 0.4) is 0 Å². The number of fused-ring (bicyclic) bond motifs is 1. The summed E-state index contributed by atoms with van der Waals surface area (Å²) >= 11 is 0. The van der Waals surface area contributed by atoms with Crippen LogP contribution in [0.5, 0.6) is 0 Å². The molecular formula is C23H25N3O2. The van der Waals surface area contributed by atoms with Crippen molar-refractivity contribution in [2.24, 2.45) is 0 Å². The van der Waals surface area contributed by atoms with Crippen molar-refractivity contribution in [2.45, 2.75) is 25.9 Å². The number of carbonyl (C=O) groups is 1. The summed E-state index contributed by atoms with van der Waals surface area (Å²) in [5.41, 5.74) is 5.38. The highest BCUT2D eigenvalue weighted by molar-refractivity contribution is 5.81. The van der Waals surface area contributed by atoms with E-state index in [0.29, 0.717) is 6.54 Å². The van der Waals surface area contributed by atoms with Crippen molar-refractivity contribution in [1.29, 1.82) is 0 Å². The molecule has 0 radical (unpaired) electrons. The lowest BCUT2D eigenvalue weighted by atomic mass is 9.98. The second kappa shape index (κ2) is 7.60. The molecule has 5 nitrogen and oxygen atoms in total. The molecule has 2 aromatic carbocycles. The summed E-state index contributed by atoms with van der Waals surface area (Å²) in [7, 11) is 3.60. The molecule has 0 saturated carbocycles. The predicted octanol–water partition coefficient (Wildman–Crippen LogP) is 3.84. The quantitative estimate of drug-likeness (QED) is 0.695. The molecule has 1 aliphatic rings. The first-order valence-corrected chi connectivity index (χ1v) is 9.63. The molecule has 0 aliphatic carbocycles. The second-order valence-corrected chi connectivity index (χ2v) is 7.51. The summed E-state index contributed by atoms with van der Waals surface area (Å²) in [5.74, 6) is 1.05. The van der Waals surface area contributed by atoms with E-state index in [0.717, 1.165) is 35.5 Å². The highest BCUT2D eigenvalue weighted by Crippen LogP contribution is 2.32. The summed E-state index contributed by atoms with van der Waals surface area (Å²) in [6, 6.07) is 18.6. The predicted molar refractivity (Wildman–Crippen MR) is 110 cm³/mol. The number of amides is 1. The zero-order valence-electron chi connectivity index (χ0n) is 16.6. The molecule has 1 atom stereocenters. The van der Waals surface area contributed by atoms with E-state index in [1.54, 1.807) is 19.0 Å². The highest BCUT2D eigenvalue weighted by Gasteiger charge is 2.30. The fraction of sp³-hybridized carbons (Fsp3) is 0.304. The number of rotatable bonds is 4. The van der Waals surface area contributed by atoms with Gasteiger partial charge in [-0.2, -0.15) is 0 Å². The van der Waals surface area contributed by atoms with Crippen molar-refractivity contribution in [3.05, 3.63) is 65.9 Å². The van der Waals surface area contributed by atoms with Crippen molar-refractivity contribution in [2.75, 3.05) is 20.6 Å². The lowest BCUT2D eigenvalue weighted by Crippen LogP contribution is -2.46. The van der Waals surface area contributed by atoms with Crippen LogP contribution in [0.4, 0.5) is 0 Å². The Balaban J connectivity index is 1.59. The van der Waals surface area contributed by atoms with E-state index >= 15 is 0 Å². The van der Waals surface area contributed by atoms with Gasteiger partial charge in [-0.1, -0.05) is 59.8 Å². The summed E-state index contributed by atoms with van der Waals surface area (Å²) in [5, 5.41) is 4.35. The molecule has 5 heteroatoms. The largest absolute Gasteiger partial charge is 0.360 e. The third kappa shape index (κ3) is 3.45. The summed E-state index contributed by atoms with van der Waals surface area (Å²) < 4.78 is 5.62. The van der Waals surface area contributed by atoms with Crippen LogP contribution in [0.1, 0.15) is 18.2 Å². The Morgan fingerprint density at radius 2 is 1.68 bits per heavy atom. The van der Waals surface area contributed by atoms with Crippen molar-refractivity contribution in [3.8, 4) is 22.4 Å². The molecule has 1 aromatic heterocycles. The van der Waals surface area contributed by atoms with Gasteiger partial charge in [-0.15, -0.1) is 0 Å². The van der Waals surface area contributed by atoms with E-state index in [-0.39, 0.29) is 11.9 Å². The van der Waals surface area contributed by atoms with Gasteiger partial charge in [-0.05, 0) is 18.1 Å². The van der Waals surface area contributed by atoms with E-state index < -0.39 is 0 Å². The van der Waals surface area contributed by atoms with Gasteiger partial charge in [0.1, 0.15) is 11.5 Å². The smallest absolute Gasteiger partial charge is 0.239 e. The lowest BCUT2D eigenvalue weighted by Gasteiger charge is -2.32. The molecular weight excluding hydrogens is 350 g/mol. The third-order valence-electron chi connectivity index (χ3n) is 5.47. The summed E-state index contributed by atoms with van der Waals surface area (Å²) in [4.78, 5) is 16.2. The maximum absolute atomic E-state index is 12.4. The van der Waals surface area contributed by atoms with E-state index in [1.165, 1.54) is 11.1 Å². The molecule has 1 aliphatic heterocycles. The van der Waals surface area contributed by atoms with Gasteiger partial charge in [-0.3, -0.25) is 9.69 Å². The molecule has 0 unspecified atom stereocenters. The third-order valence-corrected chi connectivity index (χ3v) is 5.47. The fourth-order valence-electron chi connectivity index (χ4n) is 3.77. The van der Waals surface area contributed by atoms with Crippen LogP contribution in [-0.4, -0.2) is 47.5 Å². The Morgan fingerprint density at radius 1 is 1.04 bits per heavy atom. The zero-order chi connectivity index (χ0) is 19.7. The molecule has 28 heavy (non-hydrogen) atoms. The standard InChI is InChI=1S/C23H25N3O2/c1-16(23(27)25(2)3)26-14-13-21-20(15-26)22(24-28-21)19-11-9-18(10-12-19)17-7-5-4-6-8-17/h4-12,16H,13-15H2,1-3H3/t16-/m0/s1. The van der Waals surface area contributed by atoms with Crippen LogP contribution >= 0.6 is 0 Å². The average Bonchev–Trinajstić information content (AvgIpc) is 3.16. The number of aromatic nitrogens is 1. The molecule has 1 amide bonds. The fourth-order valence-corrected chi connectivity index (χ4v) is 3.77. The van der Waals surface area contributed by atoms with Gasteiger partial charge in [0.2, 0.25) is 5.91 Å². The van der Waals surface area contributed by atoms with Gasteiger partial charge < -0.3 is 9.42 Å². The van der Waals surface area contributed by atoms with Crippen molar-refractivity contribution >= 4 is 5.91 Å². The first-order chi connectivity index (χ1) is 13.5. The molecule has 0 spiro atoms. The normalized spacial score (nSPS) is 15.1. The Bertz CT molecular complexity index is 961. The SMILES string of the molecule is C[C@@H](C(=O)N(C)C)N1CCc2onc(-c3ccc(-c4ccccc4)cc3)c2C1. The maximum atomic E-state index is 12.4. The van der Waals surface area contributed by atoms with E-state index in [9.17, 15) is 4.79 Å². The van der Waals surface area contributed by atoms with Crippen LogP contribution in [0.25, 0.3) is 22.4 Å². The number of carbonyl (C=O) groups excluding carboxylic acids is 1. The van der Waals surface area contributed by atoms with Gasteiger partial charge >= 0.3 is 0 Å². The maximum Gasteiger partial charge on any atom is 0.239 e. The molecule has 0 bridgehead atoms. The topological polar surface area (TPSA) is 49.6 Å². The molecule has 0 fully saturated rings. The zero-order valence-corrected chi connectivity index (χ0v) is 16.6. The molecule has 4 rings (SSSR count). The minimum atomic E-state index is -0.161. The number of likely N-dealkylation sites (N-methyl/N-ethyl adjacent to an activating group) is 1. The van der Waals surface area contributed by atoms with E-state index in [4.69, 9.17) is 4.52 Å². The van der Waals surface area contributed by atoms with Crippen LogP contribution in [0.2, 0.25) is 0 Å². The highest BCUT2D eigenvalue weighted by atomic mass is 16.5. The van der Waals surface area contributed by atoms with Gasteiger partial charge in [0, 0.05) is 44.7 Å². The van der Waals surface area contributed by atoms with Gasteiger partial charge in [0.05, 0.1) is 6.04 Å². The van der Waals surface area contributed by atoms with Crippen molar-refractivity contribution in [3.63, 3.8) is 0 Å². The van der Waals surface area contributed by atoms with Crippen LogP contribution in [-0.2, 0) is 17.8 Å². The Labute approximate surface area is 165 Å². The summed E-state index contributed by atoms with van der Waals surface area (Å²) in [6.45, 7) is 3.44. The minimum absolute atomic E-state index is 0.119. The molecule has 144 valence electrons. The van der Waals surface area contributed by atoms with Crippen LogP contribution in [0, 0.1) is 0 Å². The van der Waals surface area contributed by atoms with Gasteiger partial charge in [-0.25, -0.2) is 0 Å². The Hall–Kier alpha value is -2.92. The number of benzene rings is 2. The molecule has 0 saturated heterocycles. The first-order valence-electron chi connectivity index (χ1n) is 9.63. The average molecular weight is 375 g/mol. The van der Waals surface area contributed by atoms with Crippen molar-refractivity contribution in [1.82, 2.24) is 15.0 Å². The monoisotopic (exact) mass is 375 g/mol. The van der Waals surface area contributed by atoms with Crippen LogP contribution < -0.4 is 0 Å². The van der Waals surface area contributed by atoms with E-state index in [2.05, 4.69) is 46.5 Å². The van der Waals surface area contributed by atoms with Gasteiger partial charge in [0.15, 0.2) is 0 Å². The minimum Gasteiger partial charge on any atom is -0.360 e. The second-order valence-electron chi connectivity index (χ2n) is 7.51. The number of hydrogen-bond acceptors (Lipinski definition) is 4. The molecule has 2 heterocycles. The number of nitrogens with zero attached hydrogens (tertiary/aromatic N) is 3. The van der Waals surface area contributed by atoms with Gasteiger partial charge in [0.25, 0.3) is 0 Å². The molecule has 3 aromatic rings. The van der Waals surface area contributed by atoms with Crippen LogP contribution in [0.15, 0.2) is 59.1 Å². The van der Waals surface area contributed by atoms with Crippen molar-refractivity contribution < 1.29 is 9.32 Å².